The Hall–Kier alpha value is -5.60. The van der Waals surface area contributed by atoms with E-state index in [9.17, 15) is 0 Å². The maximum atomic E-state index is 4.88. The minimum atomic E-state index is 0.948. The van der Waals surface area contributed by atoms with E-state index >= 15 is 0 Å². The average molecular weight is 535 g/mol. The van der Waals surface area contributed by atoms with Crippen molar-refractivity contribution in [2.45, 2.75) is 0 Å². The topological polar surface area (TPSA) is 25.8 Å². The number of nitrogens with zero attached hydrogens (tertiary/aromatic N) is 2. The highest BCUT2D eigenvalue weighted by Gasteiger charge is 2.18. The van der Waals surface area contributed by atoms with Gasteiger partial charge in [0.2, 0.25) is 0 Å². The Balaban J connectivity index is 1.40. The molecule has 2 aromatic heterocycles. The van der Waals surface area contributed by atoms with Crippen LogP contribution in [0.2, 0.25) is 0 Å². The average Bonchev–Trinajstić information content (AvgIpc) is 3.07. The molecule has 0 unspecified atom stereocenters. The molecular formula is C40H26N2. The molecule has 2 heterocycles. The lowest BCUT2D eigenvalue weighted by Crippen LogP contribution is -1.92. The second kappa shape index (κ2) is 10.1. The Morgan fingerprint density at radius 1 is 0.357 bits per heavy atom. The van der Waals surface area contributed by atoms with Crippen LogP contribution in [-0.4, -0.2) is 9.97 Å². The van der Waals surface area contributed by atoms with Crippen molar-refractivity contribution < 1.29 is 0 Å². The van der Waals surface area contributed by atoms with Gasteiger partial charge in [-0.25, -0.2) is 0 Å². The Bertz CT molecular complexity index is 2220. The molecular weight excluding hydrogens is 508 g/mol. The van der Waals surface area contributed by atoms with Crippen LogP contribution >= 0.6 is 0 Å². The number of rotatable bonds is 4. The van der Waals surface area contributed by atoms with Crippen molar-refractivity contribution in [3.63, 3.8) is 0 Å². The van der Waals surface area contributed by atoms with Gasteiger partial charge in [0.05, 0.1) is 5.69 Å². The maximum absolute atomic E-state index is 4.88. The molecule has 0 radical (unpaired) electrons. The van der Waals surface area contributed by atoms with Crippen LogP contribution in [0.4, 0.5) is 0 Å². The van der Waals surface area contributed by atoms with Crippen molar-refractivity contribution in [1.82, 2.24) is 9.97 Å². The van der Waals surface area contributed by atoms with Crippen LogP contribution in [0.25, 0.3) is 77.0 Å². The number of hydrogen-bond donors (Lipinski definition) is 0. The summed E-state index contributed by atoms with van der Waals surface area (Å²) in [5.74, 6) is 0. The summed E-state index contributed by atoms with van der Waals surface area (Å²) in [6.07, 6.45) is 5.61. The van der Waals surface area contributed by atoms with Crippen molar-refractivity contribution in [3.8, 4) is 44.6 Å². The van der Waals surface area contributed by atoms with Crippen LogP contribution < -0.4 is 0 Å². The smallest absolute Gasteiger partial charge is 0.0702 e. The monoisotopic (exact) mass is 534 g/mol. The molecule has 0 saturated heterocycles. The summed E-state index contributed by atoms with van der Waals surface area (Å²) in [6, 6.07) is 50.0. The molecule has 6 aromatic carbocycles. The summed E-state index contributed by atoms with van der Waals surface area (Å²) < 4.78 is 0. The lowest BCUT2D eigenvalue weighted by molar-refractivity contribution is 1.30. The van der Waals surface area contributed by atoms with Crippen LogP contribution in [0, 0.1) is 0 Å². The third kappa shape index (κ3) is 4.13. The van der Waals surface area contributed by atoms with Gasteiger partial charge in [0, 0.05) is 35.3 Å². The first-order valence-corrected chi connectivity index (χ1v) is 14.2. The first-order valence-electron chi connectivity index (χ1n) is 14.2. The second-order valence-corrected chi connectivity index (χ2v) is 10.7. The zero-order valence-corrected chi connectivity index (χ0v) is 22.9. The van der Waals surface area contributed by atoms with Gasteiger partial charge in [0.1, 0.15) is 0 Å². The molecule has 0 aliphatic heterocycles. The summed E-state index contributed by atoms with van der Waals surface area (Å²) in [4.78, 5) is 9.15. The molecule has 0 N–H and O–H groups in total. The highest BCUT2D eigenvalue weighted by Crippen LogP contribution is 2.45. The SMILES string of the molecule is c1ccc(-c2c3ccccc3c(-c3ccc4ccccc4c3)c3ccc(-c4ccc(-c5cccnc5)cn4)cc23)cc1. The van der Waals surface area contributed by atoms with Crippen LogP contribution in [0.1, 0.15) is 0 Å². The van der Waals surface area contributed by atoms with Gasteiger partial charge in [-0.3, -0.25) is 9.97 Å². The molecule has 0 amide bonds. The molecule has 196 valence electrons. The molecule has 42 heavy (non-hydrogen) atoms. The number of fused-ring (bicyclic) bond motifs is 3. The van der Waals surface area contributed by atoms with E-state index in [2.05, 4.69) is 138 Å². The summed E-state index contributed by atoms with van der Waals surface area (Å²) >= 11 is 0. The van der Waals surface area contributed by atoms with E-state index in [4.69, 9.17) is 4.98 Å². The van der Waals surface area contributed by atoms with Gasteiger partial charge in [-0.2, -0.15) is 0 Å². The number of benzene rings is 6. The van der Waals surface area contributed by atoms with Gasteiger partial charge >= 0.3 is 0 Å². The zero-order valence-electron chi connectivity index (χ0n) is 22.9. The lowest BCUT2D eigenvalue weighted by Gasteiger charge is -2.19. The molecule has 0 spiro atoms. The van der Waals surface area contributed by atoms with Gasteiger partial charge in [0.25, 0.3) is 0 Å². The molecule has 0 fully saturated rings. The maximum Gasteiger partial charge on any atom is 0.0702 e. The molecule has 0 aliphatic carbocycles. The molecule has 0 bridgehead atoms. The van der Waals surface area contributed by atoms with E-state index < -0.39 is 0 Å². The van der Waals surface area contributed by atoms with E-state index in [1.165, 1.54) is 54.6 Å². The fourth-order valence-corrected chi connectivity index (χ4v) is 6.18. The van der Waals surface area contributed by atoms with Crippen molar-refractivity contribution >= 4 is 32.3 Å². The van der Waals surface area contributed by atoms with Crippen LogP contribution in [0.15, 0.2) is 158 Å². The van der Waals surface area contributed by atoms with Crippen LogP contribution in [-0.2, 0) is 0 Å². The highest BCUT2D eigenvalue weighted by atomic mass is 14.7. The Kier molecular flexibility index (Phi) is 5.82. The Labute approximate surface area is 244 Å². The molecule has 8 rings (SSSR count). The first kappa shape index (κ1) is 24.2. The highest BCUT2D eigenvalue weighted by molar-refractivity contribution is 6.22. The molecule has 8 aromatic rings. The molecule has 2 nitrogen and oxygen atoms in total. The summed E-state index contributed by atoms with van der Waals surface area (Å²) in [5.41, 5.74) is 9.11. The number of hydrogen-bond acceptors (Lipinski definition) is 2. The second-order valence-electron chi connectivity index (χ2n) is 10.7. The quantitative estimate of drug-likeness (QED) is 0.210. The van der Waals surface area contributed by atoms with Gasteiger partial charge in [0.15, 0.2) is 0 Å². The molecule has 0 saturated carbocycles. The fraction of sp³-hybridized carbons (Fsp3) is 0. The standard InChI is InChI=1S/C40H26N2/c1-2-10-28(11-3-1)39-34-14-6-7-15-35(34)40(31-17-16-27-9-4-5-12-29(27)23-31)36-20-18-30(24-37(36)39)38-21-19-33(26-42-38)32-13-8-22-41-25-32/h1-26H. The zero-order chi connectivity index (χ0) is 27.9. The van der Waals surface area contributed by atoms with Gasteiger partial charge < -0.3 is 0 Å². The summed E-state index contributed by atoms with van der Waals surface area (Å²) in [6.45, 7) is 0. The molecule has 0 aliphatic rings. The van der Waals surface area contributed by atoms with Crippen molar-refractivity contribution in [1.29, 1.82) is 0 Å². The fourth-order valence-electron chi connectivity index (χ4n) is 6.18. The van der Waals surface area contributed by atoms with E-state index in [-0.39, 0.29) is 0 Å². The molecule has 0 atom stereocenters. The van der Waals surface area contributed by atoms with E-state index in [1.807, 2.05) is 18.5 Å². The largest absolute Gasteiger partial charge is 0.264 e. The van der Waals surface area contributed by atoms with Gasteiger partial charge in [-0.15, -0.1) is 0 Å². The minimum absolute atomic E-state index is 0.948. The van der Waals surface area contributed by atoms with Crippen molar-refractivity contribution in [2.75, 3.05) is 0 Å². The van der Waals surface area contributed by atoms with Crippen molar-refractivity contribution in [2.24, 2.45) is 0 Å². The van der Waals surface area contributed by atoms with Crippen molar-refractivity contribution in [3.05, 3.63) is 158 Å². The summed E-state index contributed by atoms with van der Waals surface area (Å²) in [5, 5.41) is 7.45. The summed E-state index contributed by atoms with van der Waals surface area (Å²) in [7, 11) is 0. The van der Waals surface area contributed by atoms with Gasteiger partial charge in [-0.1, -0.05) is 115 Å². The lowest BCUT2D eigenvalue weighted by atomic mass is 9.85. The van der Waals surface area contributed by atoms with E-state index in [0.29, 0.717) is 0 Å². The third-order valence-corrected chi connectivity index (χ3v) is 8.18. The van der Waals surface area contributed by atoms with Crippen LogP contribution in [0.5, 0.6) is 0 Å². The first-order chi connectivity index (χ1) is 20.8. The third-order valence-electron chi connectivity index (χ3n) is 8.18. The van der Waals surface area contributed by atoms with E-state index in [1.54, 1.807) is 6.20 Å². The minimum Gasteiger partial charge on any atom is -0.264 e. The van der Waals surface area contributed by atoms with E-state index in [0.717, 1.165) is 22.4 Å². The van der Waals surface area contributed by atoms with Gasteiger partial charge in [-0.05, 0) is 78.8 Å². The van der Waals surface area contributed by atoms with Crippen LogP contribution in [0.3, 0.4) is 0 Å². The number of aromatic nitrogens is 2. The Morgan fingerprint density at radius 2 is 1.00 bits per heavy atom. The predicted octanol–water partition coefficient (Wildman–Crippen LogP) is 10.6. The Morgan fingerprint density at radius 3 is 1.76 bits per heavy atom. The normalized spacial score (nSPS) is 11.3. The molecule has 2 heteroatoms. The predicted molar refractivity (Wildman–Crippen MR) is 176 cm³/mol. The number of pyridine rings is 2.